The van der Waals surface area contributed by atoms with Crippen LogP contribution in [0.4, 0.5) is 0 Å². The van der Waals surface area contributed by atoms with Crippen molar-refractivity contribution in [2.45, 2.75) is 91.9 Å². The molecule has 2 aliphatic rings. The maximum absolute atomic E-state index is 8.65. The second-order valence-corrected chi connectivity index (χ2v) is 10.8. The van der Waals surface area contributed by atoms with Crippen LogP contribution < -0.4 is 11.5 Å². The zero-order valence-electron chi connectivity index (χ0n) is 24.7. The van der Waals surface area contributed by atoms with Crippen LogP contribution in [0.2, 0.25) is 0 Å². The summed E-state index contributed by atoms with van der Waals surface area (Å²) in [6.45, 7) is 15.4. The molecule has 0 aliphatic carbocycles. The van der Waals surface area contributed by atoms with Crippen LogP contribution in [0.15, 0.2) is 9.98 Å². The van der Waals surface area contributed by atoms with E-state index in [4.69, 9.17) is 22.3 Å². The molecule has 0 amide bonds. The fraction of sp³-hybridized carbons (Fsp3) is 0.857. The van der Waals surface area contributed by atoms with Gasteiger partial charge in [0, 0.05) is 52.4 Å². The molecule has 0 unspecified atom stereocenters. The van der Waals surface area contributed by atoms with Crippen LogP contribution in [0.3, 0.4) is 0 Å². The minimum atomic E-state index is 0.492. The summed E-state index contributed by atoms with van der Waals surface area (Å²) in [5, 5.41) is 17.3. The van der Waals surface area contributed by atoms with E-state index in [1.165, 1.54) is 0 Å². The highest BCUT2D eigenvalue weighted by Crippen LogP contribution is 2.14. The monoisotopic (exact) mass is 532 g/mol. The van der Waals surface area contributed by atoms with E-state index in [-0.39, 0.29) is 0 Å². The Balaban J connectivity index is 1.71. The van der Waals surface area contributed by atoms with Crippen LogP contribution in [-0.4, -0.2) is 95.8 Å². The highest BCUT2D eigenvalue weighted by atomic mass is 15.4. The molecule has 0 aromatic rings. The van der Waals surface area contributed by atoms with E-state index < -0.39 is 0 Å². The molecule has 2 fully saturated rings. The largest absolute Gasteiger partial charge is 0.369 e. The summed E-state index contributed by atoms with van der Waals surface area (Å²) in [4.78, 5) is 17.2. The van der Waals surface area contributed by atoms with Gasteiger partial charge in [0.05, 0.1) is 0 Å². The third-order valence-corrected chi connectivity index (χ3v) is 8.22. The van der Waals surface area contributed by atoms with Gasteiger partial charge in [-0.25, -0.2) is 0 Å². The Morgan fingerprint density at radius 1 is 0.658 bits per heavy atom. The molecule has 0 aromatic heterocycles. The molecule has 2 saturated heterocycles. The first-order chi connectivity index (χ1) is 18.4. The molecule has 0 aromatic carbocycles. The van der Waals surface area contributed by atoms with Crippen molar-refractivity contribution in [3.05, 3.63) is 0 Å². The van der Waals surface area contributed by atoms with Crippen LogP contribution in [0, 0.1) is 22.7 Å². The predicted octanol–water partition coefficient (Wildman–Crippen LogP) is 3.93. The Bertz CT molecular complexity index is 708. The molecule has 2 rings (SSSR count). The van der Waals surface area contributed by atoms with Gasteiger partial charge < -0.3 is 21.3 Å². The molecule has 2 aliphatic heterocycles. The number of aliphatic imine (C=N–C) groups is 2. The Morgan fingerprint density at radius 3 is 1.37 bits per heavy atom. The molecule has 0 spiro atoms. The number of nitrogens with two attached hydrogens (primary N) is 2. The molecule has 10 nitrogen and oxygen atoms in total. The maximum atomic E-state index is 8.65. The van der Waals surface area contributed by atoms with Crippen molar-refractivity contribution in [2.75, 3.05) is 52.4 Å². The number of nitrogens with zero attached hydrogens (tertiary/aromatic N) is 6. The van der Waals surface area contributed by atoms with E-state index in [1.807, 2.05) is 9.80 Å². The lowest BCUT2D eigenvalue weighted by molar-refractivity contribution is 0.291. The molecule has 0 atom stereocenters. The summed E-state index contributed by atoms with van der Waals surface area (Å²) < 4.78 is 0. The second-order valence-electron chi connectivity index (χ2n) is 10.8. The van der Waals surface area contributed by atoms with Gasteiger partial charge in [0.25, 0.3) is 0 Å². The van der Waals surface area contributed by atoms with Crippen molar-refractivity contribution in [1.29, 1.82) is 10.8 Å². The van der Waals surface area contributed by atoms with Gasteiger partial charge in [-0.15, -0.1) is 0 Å². The minimum absolute atomic E-state index is 0.492. The van der Waals surface area contributed by atoms with E-state index in [0.29, 0.717) is 35.7 Å². The van der Waals surface area contributed by atoms with Gasteiger partial charge in [-0.3, -0.25) is 30.6 Å². The van der Waals surface area contributed by atoms with Crippen LogP contribution in [-0.2, 0) is 0 Å². The first kappa shape index (κ1) is 31.7. The van der Waals surface area contributed by atoms with Gasteiger partial charge in [-0.2, -0.15) is 0 Å². The first-order valence-corrected chi connectivity index (χ1v) is 15.2. The summed E-state index contributed by atoms with van der Waals surface area (Å²) in [7, 11) is 0. The highest BCUT2D eigenvalue weighted by molar-refractivity contribution is 5.97. The SMILES string of the molecule is CCC(CC)CN=C(N)N1CCCN(CCCCCCN2CCCN(C(N)=NCC(CC)CC)C2=N)C1=N. The van der Waals surface area contributed by atoms with Crippen molar-refractivity contribution >= 4 is 23.8 Å². The molecule has 6 N–H and O–H groups in total. The lowest BCUT2D eigenvalue weighted by atomic mass is 10.0. The van der Waals surface area contributed by atoms with Gasteiger partial charge in [-0.05, 0) is 37.5 Å². The summed E-state index contributed by atoms with van der Waals surface area (Å²) in [5.74, 6) is 3.09. The highest BCUT2D eigenvalue weighted by Gasteiger charge is 2.26. The maximum Gasteiger partial charge on any atom is 0.200 e. The molecule has 38 heavy (non-hydrogen) atoms. The molecule has 218 valence electrons. The standard InChI is InChI=1S/C28H56N10/c1-5-23(6-2)21-33-25(29)37-19-13-17-35(27(37)31)15-11-9-10-12-16-36-18-14-20-38(28(36)32)26(30)34-22-24(7-3)8-4/h23-24,31-32H,5-22H2,1-4H3,(H2,29,33)(H2,30,34). The zero-order valence-corrected chi connectivity index (χ0v) is 24.7. The van der Waals surface area contributed by atoms with Crippen molar-refractivity contribution < 1.29 is 0 Å². The number of rotatable bonds is 15. The average molecular weight is 533 g/mol. The van der Waals surface area contributed by atoms with E-state index >= 15 is 0 Å². The number of nitrogens with one attached hydrogen (secondary N) is 2. The zero-order chi connectivity index (χ0) is 27.9. The van der Waals surface area contributed by atoms with Crippen LogP contribution >= 0.6 is 0 Å². The molecule has 0 radical (unpaired) electrons. The Kier molecular flexibility index (Phi) is 14.3. The molecular formula is C28H56N10. The van der Waals surface area contributed by atoms with Crippen molar-refractivity contribution in [3.8, 4) is 0 Å². The fourth-order valence-corrected chi connectivity index (χ4v) is 5.15. The van der Waals surface area contributed by atoms with Gasteiger partial charge in [0.15, 0.2) is 11.9 Å². The van der Waals surface area contributed by atoms with Crippen LogP contribution in [0.5, 0.6) is 0 Å². The summed E-state index contributed by atoms with van der Waals surface area (Å²) in [5.41, 5.74) is 12.5. The Morgan fingerprint density at radius 2 is 1.03 bits per heavy atom. The number of unbranched alkanes of at least 4 members (excludes halogenated alkanes) is 3. The average Bonchev–Trinajstić information content (AvgIpc) is 2.93. The van der Waals surface area contributed by atoms with Gasteiger partial charge in [-0.1, -0.05) is 66.2 Å². The molecule has 0 bridgehead atoms. The quantitative estimate of drug-likeness (QED) is 0.143. The summed E-state index contributed by atoms with van der Waals surface area (Å²) in [6.07, 6.45) is 10.8. The van der Waals surface area contributed by atoms with Crippen molar-refractivity contribution in [2.24, 2.45) is 33.3 Å². The lowest BCUT2D eigenvalue weighted by Crippen LogP contribution is -2.54. The predicted molar refractivity (Wildman–Crippen MR) is 161 cm³/mol. The molecule has 10 heteroatoms. The van der Waals surface area contributed by atoms with Gasteiger partial charge in [0.2, 0.25) is 11.9 Å². The molecule has 2 heterocycles. The van der Waals surface area contributed by atoms with E-state index in [2.05, 4.69) is 47.5 Å². The molecular weight excluding hydrogens is 476 g/mol. The second kappa shape index (κ2) is 17.1. The van der Waals surface area contributed by atoms with Crippen LogP contribution in [0.1, 0.15) is 91.9 Å². The Labute approximate surface area is 231 Å². The third kappa shape index (κ3) is 9.66. The van der Waals surface area contributed by atoms with Crippen molar-refractivity contribution in [3.63, 3.8) is 0 Å². The molecule has 0 saturated carbocycles. The first-order valence-electron chi connectivity index (χ1n) is 15.2. The van der Waals surface area contributed by atoms with E-state index in [9.17, 15) is 0 Å². The topological polar surface area (TPSA) is 137 Å². The summed E-state index contributed by atoms with van der Waals surface area (Å²) >= 11 is 0. The van der Waals surface area contributed by atoms with E-state index in [0.717, 1.165) is 117 Å². The van der Waals surface area contributed by atoms with Crippen molar-refractivity contribution in [1.82, 2.24) is 19.6 Å². The van der Waals surface area contributed by atoms with E-state index in [1.54, 1.807) is 0 Å². The Hall–Kier alpha value is -2.52. The third-order valence-electron chi connectivity index (χ3n) is 8.22. The van der Waals surface area contributed by atoms with Gasteiger partial charge >= 0.3 is 0 Å². The normalized spacial score (nSPS) is 17.9. The van der Waals surface area contributed by atoms with Gasteiger partial charge in [0.1, 0.15) is 0 Å². The lowest BCUT2D eigenvalue weighted by Gasteiger charge is -2.38. The minimum Gasteiger partial charge on any atom is -0.369 e. The summed E-state index contributed by atoms with van der Waals surface area (Å²) in [6, 6.07) is 0. The number of hydrogen-bond acceptors (Lipinski definition) is 4. The fourth-order valence-electron chi connectivity index (χ4n) is 5.15. The smallest absolute Gasteiger partial charge is 0.200 e. The number of guanidine groups is 4. The van der Waals surface area contributed by atoms with Crippen LogP contribution in [0.25, 0.3) is 0 Å². The number of hydrogen-bond donors (Lipinski definition) is 4.